The molecule has 0 amide bonds. The molecule has 0 aliphatic carbocycles. The van der Waals surface area contributed by atoms with Crippen molar-refractivity contribution in [3.8, 4) is 11.3 Å². The van der Waals surface area contributed by atoms with Crippen LogP contribution >= 0.6 is 0 Å². The van der Waals surface area contributed by atoms with E-state index in [0.29, 0.717) is 11.3 Å². The molecule has 0 unspecified atom stereocenters. The van der Waals surface area contributed by atoms with Crippen molar-refractivity contribution in [1.29, 1.82) is 0 Å². The van der Waals surface area contributed by atoms with Gasteiger partial charge in [-0.1, -0.05) is 0 Å². The lowest BCUT2D eigenvalue weighted by Gasteiger charge is -1.92. The summed E-state index contributed by atoms with van der Waals surface area (Å²) in [6, 6.07) is 1.49. The maximum absolute atomic E-state index is 10.8. The monoisotopic (exact) mass is 204 g/mol. The Labute approximate surface area is 85.2 Å². The summed E-state index contributed by atoms with van der Waals surface area (Å²) in [7, 11) is 1.58. The van der Waals surface area contributed by atoms with E-state index in [1.165, 1.54) is 17.1 Å². The summed E-state index contributed by atoms with van der Waals surface area (Å²) in [5.74, 6) is -1.01. The van der Waals surface area contributed by atoms with Gasteiger partial charge in [0.1, 0.15) is 12.0 Å². The van der Waals surface area contributed by atoms with Crippen LogP contribution in [-0.2, 0) is 7.05 Å². The minimum Gasteiger partial charge on any atom is -0.477 e. The lowest BCUT2D eigenvalue weighted by molar-refractivity contribution is 0.0685. The molecule has 0 saturated heterocycles. The normalized spacial score (nSPS) is 10.2. The predicted octanol–water partition coefficient (Wildman–Crippen LogP) is 0.575. The van der Waals surface area contributed by atoms with Crippen LogP contribution in [0.3, 0.4) is 0 Å². The fraction of sp³-hybridized carbons (Fsp3) is 0.111. The number of nitrogens with zero attached hydrogens (tertiary/aromatic N) is 4. The molecule has 0 aliphatic rings. The summed E-state index contributed by atoms with van der Waals surface area (Å²) in [5, 5.41) is 12.9. The molecule has 76 valence electrons. The number of hydrogen-bond donors (Lipinski definition) is 1. The average molecular weight is 204 g/mol. The van der Waals surface area contributed by atoms with Crippen LogP contribution in [0, 0.1) is 0 Å². The Morgan fingerprint density at radius 3 is 2.60 bits per heavy atom. The van der Waals surface area contributed by atoms with E-state index in [-0.39, 0.29) is 5.69 Å². The third-order valence-electron chi connectivity index (χ3n) is 1.96. The van der Waals surface area contributed by atoms with E-state index in [1.54, 1.807) is 19.4 Å². The molecule has 0 saturated carbocycles. The highest BCUT2D eigenvalue weighted by Crippen LogP contribution is 2.16. The standard InChI is InChI=1S/C9H8N4O2/c1-13-8(9(14)15)2-7(12-13)6-3-10-5-11-4-6/h2-5H,1H3,(H,14,15). The second-order valence-electron chi connectivity index (χ2n) is 2.97. The molecule has 6 heteroatoms. The topological polar surface area (TPSA) is 80.9 Å². The molecule has 15 heavy (non-hydrogen) atoms. The van der Waals surface area contributed by atoms with Gasteiger partial charge < -0.3 is 5.11 Å². The van der Waals surface area contributed by atoms with Crippen molar-refractivity contribution < 1.29 is 9.90 Å². The molecule has 6 nitrogen and oxygen atoms in total. The summed E-state index contributed by atoms with van der Waals surface area (Å²) in [4.78, 5) is 18.4. The van der Waals surface area contributed by atoms with E-state index in [4.69, 9.17) is 5.11 Å². The smallest absolute Gasteiger partial charge is 0.354 e. The van der Waals surface area contributed by atoms with Crippen molar-refractivity contribution in [2.45, 2.75) is 0 Å². The van der Waals surface area contributed by atoms with Gasteiger partial charge in [0.15, 0.2) is 0 Å². The van der Waals surface area contributed by atoms with E-state index >= 15 is 0 Å². The molecule has 0 atom stereocenters. The molecule has 0 spiro atoms. The first-order valence-corrected chi connectivity index (χ1v) is 4.21. The number of carboxylic acid groups (broad SMARTS) is 1. The Kier molecular flexibility index (Phi) is 2.17. The van der Waals surface area contributed by atoms with E-state index in [1.807, 2.05) is 0 Å². The highest BCUT2D eigenvalue weighted by molar-refractivity contribution is 5.87. The van der Waals surface area contributed by atoms with Crippen LogP contribution in [0.4, 0.5) is 0 Å². The molecule has 2 aromatic rings. The van der Waals surface area contributed by atoms with Crippen molar-refractivity contribution in [1.82, 2.24) is 19.7 Å². The van der Waals surface area contributed by atoms with Crippen LogP contribution in [0.5, 0.6) is 0 Å². The summed E-state index contributed by atoms with van der Waals surface area (Å²) in [5.41, 5.74) is 1.38. The van der Waals surface area contributed by atoms with E-state index < -0.39 is 5.97 Å². The molecule has 2 aromatic heterocycles. The van der Waals surface area contributed by atoms with Crippen molar-refractivity contribution in [3.63, 3.8) is 0 Å². The number of aryl methyl sites for hydroxylation is 1. The largest absolute Gasteiger partial charge is 0.477 e. The molecule has 2 heterocycles. The molecule has 0 aliphatic heterocycles. The molecule has 0 fully saturated rings. The lowest BCUT2D eigenvalue weighted by atomic mass is 10.2. The van der Waals surface area contributed by atoms with Crippen molar-refractivity contribution >= 4 is 5.97 Å². The first kappa shape index (κ1) is 9.32. The molecule has 2 rings (SSSR count). The zero-order valence-electron chi connectivity index (χ0n) is 7.95. The third-order valence-corrected chi connectivity index (χ3v) is 1.96. The van der Waals surface area contributed by atoms with Gasteiger partial charge in [0.2, 0.25) is 0 Å². The third kappa shape index (κ3) is 1.69. The van der Waals surface area contributed by atoms with Gasteiger partial charge in [0, 0.05) is 25.0 Å². The quantitative estimate of drug-likeness (QED) is 0.773. The summed E-state index contributed by atoms with van der Waals surface area (Å²) < 4.78 is 1.31. The fourth-order valence-corrected chi connectivity index (χ4v) is 1.24. The minimum atomic E-state index is -1.01. The van der Waals surface area contributed by atoms with E-state index in [0.717, 1.165) is 0 Å². The summed E-state index contributed by atoms with van der Waals surface area (Å²) in [6.07, 6.45) is 4.58. The average Bonchev–Trinajstić information content (AvgIpc) is 2.62. The van der Waals surface area contributed by atoms with E-state index in [2.05, 4.69) is 15.1 Å². The predicted molar refractivity (Wildman–Crippen MR) is 51.2 cm³/mol. The zero-order chi connectivity index (χ0) is 10.8. The Balaban J connectivity index is 2.48. The van der Waals surface area contributed by atoms with Crippen LogP contribution in [0.2, 0.25) is 0 Å². The van der Waals surface area contributed by atoms with Gasteiger partial charge >= 0.3 is 5.97 Å². The molecular formula is C9H8N4O2. The van der Waals surface area contributed by atoms with Gasteiger partial charge in [-0.15, -0.1) is 0 Å². The SMILES string of the molecule is Cn1nc(-c2cncnc2)cc1C(=O)O. The van der Waals surface area contributed by atoms with Crippen LogP contribution in [0.1, 0.15) is 10.5 Å². The van der Waals surface area contributed by atoms with Crippen molar-refractivity contribution in [2.75, 3.05) is 0 Å². The maximum atomic E-state index is 10.8. The van der Waals surface area contributed by atoms with Crippen LogP contribution in [0.15, 0.2) is 24.8 Å². The Hall–Kier alpha value is -2.24. The van der Waals surface area contributed by atoms with Crippen molar-refractivity contribution in [2.24, 2.45) is 7.05 Å². The van der Waals surface area contributed by atoms with Gasteiger partial charge in [0.25, 0.3) is 0 Å². The van der Waals surface area contributed by atoms with E-state index in [9.17, 15) is 4.79 Å². The fourth-order valence-electron chi connectivity index (χ4n) is 1.24. The van der Waals surface area contributed by atoms with Gasteiger partial charge in [-0.2, -0.15) is 5.10 Å². The van der Waals surface area contributed by atoms with Gasteiger partial charge in [-0.3, -0.25) is 4.68 Å². The number of rotatable bonds is 2. The summed E-state index contributed by atoms with van der Waals surface area (Å²) in [6.45, 7) is 0. The van der Waals surface area contributed by atoms with Crippen LogP contribution in [-0.4, -0.2) is 30.8 Å². The highest BCUT2D eigenvalue weighted by Gasteiger charge is 2.12. The minimum absolute atomic E-state index is 0.133. The zero-order valence-corrected chi connectivity index (χ0v) is 7.95. The number of carboxylic acids is 1. The maximum Gasteiger partial charge on any atom is 0.354 e. The highest BCUT2D eigenvalue weighted by atomic mass is 16.4. The van der Waals surface area contributed by atoms with Gasteiger partial charge in [-0.05, 0) is 6.07 Å². The number of carbonyl (C=O) groups is 1. The number of aromatic nitrogens is 4. The Bertz CT molecular complexity index is 492. The molecular weight excluding hydrogens is 196 g/mol. The number of aromatic carboxylic acids is 1. The molecule has 1 N–H and O–H groups in total. The first-order valence-electron chi connectivity index (χ1n) is 4.21. The second-order valence-corrected chi connectivity index (χ2v) is 2.97. The van der Waals surface area contributed by atoms with Crippen LogP contribution < -0.4 is 0 Å². The van der Waals surface area contributed by atoms with Gasteiger partial charge in [-0.25, -0.2) is 14.8 Å². The molecule has 0 bridgehead atoms. The van der Waals surface area contributed by atoms with Crippen molar-refractivity contribution in [3.05, 3.63) is 30.5 Å². The Morgan fingerprint density at radius 1 is 1.40 bits per heavy atom. The summed E-state index contributed by atoms with van der Waals surface area (Å²) >= 11 is 0. The second kappa shape index (κ2) is 3.49. The lowest BCUT2D eigenvalue weighted by Crippen LogP contribution is -2.04. The molecule has 0 aromatic carbocycles. The Morgan fingerprint density at radius 2 is 2.07 bits per heavy atom. The van der Waals surface area contributed by atoms with Gasteiger partial charge in [0.05, 0.1) is 5.69 Å². The number of hydrogen-bond acceptors (Lipinski definition) is 4. The molecule has 0 radical (unpaired) electrons. The van der Waals surface area contributed by atoms with Crippen LogP contribution in [0.25, 0.3) is 11.3 Å². The first-order chi connectivity index (χ1) is 7.18.